The third-order valence-electron chi connectivity index (χ3n) is 2.56. The first kappa shape index (κ1) is 14.6. The Hall–Kier alpha value is -1.85. The van der Waals surface area contributed by atoms with E-state index in [1.807, 2.05) is 12.1 Å². The highest BCUT2D eigenvalue weighted by atomic mass is 35.5. The third kappa shape index (κ3) is 4.36. The highest BCUT2D eigenvalue weighted by Crippen LogP contribution is 2.15. The zero-order chi connectivity index (χ0) is 14.5. The standard InChI is InChI=1S/C13H12Cl2N4O/c14-10-7-11(19-13(15)17-10)18-12(20)6-3-8-1-4-9(16)5-2-8/h1-2,4-5,7H,3,6,16H2,(H,17,18,19,20). The molecule has 2 aromatic rings. The van der Waals surface area contributed by atoms with Crippen LogP contribution in [0.4, 0.5) is 11.5 Å². The largest absolute Gasteiger partial charge is 0.399 e. The summed E-state index contributed by atoms with van der Waals surface area (Å²) in [6, 6.07) is 8.82. The van der Waals surface area contributed by atoms with Gasteiger partial charge in [0.25, 0.3) is 0 Å². The van der Waals surface area contributed by atoms with Crippen LogP contribution in [0.15, 0.2) is 30.3 Å². The number of nitrogens with one attached hydrogen (secondary N) is 1. The minimum atomic E-state index is -0.173. The van der Waals surface area contributed by atoms with E-state index < -0.39 is 0 Å². The monoisotopic (exact) mass is 310 g/mol. The maximum atomic E-state index is 11.8. The van der Waals surface area contributed by atoms with Crippen LogP contribution in [0.25, 0.3) is 0 Å². The molecule has 0 atom stereocenters. The molecule has 5 nitrogen and oxygen atoms in total. The van der Waals surface area contributed by atoms with Crippen LogP contribution >= 0.6 is 23.2 Å². The second-order valence-electron chi connectivity index (χ2n) is 4.13. The maximum absolute atomic E-state index is 11.8. The summed E-state index contributed by atoms with van der Waals surface area (Å²) in [5, 5.41) is 2.79. The fourth-order valence-corrected chi connectivity index (χ4v) is 2.01. The van der Waals surface area contributed by atoms with E-state index in [0.29, 0.717) is 18.5 Å². The number of carbonyl (C=O) groups excluding carboxylic acids is 1. The fourth-order valence-electron chi connectivity index (χ4n) is 1.60. The van der Waals surface area contributed by atoms with Crippen LogP contribution in [-0.4, -0.2) is 15.9 Å². The van der Waals surface area contributed by atoms with Gasteiger partial charge in [-0.3, -0.25) is 4.79 Å². The Morgan fingerprint density at radius 1 is 1.20 bits per heavy atom. The summed E-state index contributed by atoms with van der Waals surface area (Å²) in [4.78, 5) is 19.4. The molecule has 0 radical (unpaired) electrons. The van der Waals surface area contributed by atoms with Gasteiger partial charge in [0.05, 0.1) is 0 Å². The first-order chi connectivity index (χ1) is 9.52. The van der Waals surface area contributed by atoms with Crippen LogP contribution in [-0.2, 0) is 11.2 Å². The number of rotatable bonds is 4. The Morgan fingerprint density at radius 3 is 2.55 bits per heavy atom. The molecule has 0 aliphatic carbocycles. The Kier molecular flexibility index (Phi) is 4.76. The first-order valence-electron chi connectivity index (χ1n) is 5.87. The van der Waals surface area contributed by atoms with E-state index >= 15 is 0 Å². The third-order valence-corrected chi connectivity index (χ3v) is 2.92. The summed E-state index contributed by atoms with van der Waals surface area (Å²) in [6.45, 7) is 0. The van der Waals surface area contributed by atoms with Crippen molar-refractivity contribution in [2.45, 2.75) is 12.8 Å². The first-order valence-corrected chi connectivity index (χ1v) is 6.63. The second kappa shape index (κ2) is 6.54. The van der Waals surface area contributed by atoms with Crippen LogP contribution in [0.1, 0.15) is 12.0 Å². The molecule has 0 unspecified atom stereocenters. The normalized spacial score (nSPS) is 10.3. The van der Waals surface area contributed by atoms with Gasteiger partial charge >= 0.3 is 0 Å². The van der Waals surface area contributed by atoms with Crippen molar-refractivity contribution >= 4 is 40.6 Å². The minimum absolute atomic E-state index is 0.00802. The number of hydrogen-bond donors (Lipinski definition) is 2. The van der Waals surface area contributed by atoms with Gasteiger partial charge in [-0.2, -0.15) is 0 Å². The summed E-state index contributed by atoms with van der Waals surface area (Å²) >= 11 is 11.4. The van der Waals surface area contributed by atoms with E-state index in [9.17, 15) is 4.79 Å². The summed E-state index contributed by atoms with van der Waals surface area (Å²) < 4.78 is 0. The molecule has 3 N–H and O–H groups in total. The number of halogens is 2. The average molecular weight is 311 g/mol. The van der Waals surface area contributed by atoms with Gasteiger partial charge in [0.1, 0.15) is 11.0 Å². The van der Waals surface area contributed by atoms with Gasteiger partial charge in [0.15, 0.2) is 0 Å². The summed E-state index contributed by atoms with van der Waals surface area (Å²) in [7, 11) is 0. The molecule has 7 heteroatoms. The van der Waals surface area contributed by atoms with Gasteiger partial charge in [-0.05, 0) is 35.7 Å². The number of carbonyl (C=O) groups is 1. The predicted octanol–water partition coefficient (Wildman–Crippen LogP) is 2.94. The molecule has 0 aliphatic rings. The molecule has 1 heterocycles. The summed E-state index contributed by atoms with van der Waals surface area (Å²) in [6.07, 6.45) is 0.932. The molecule has 0 fully saturated rings. The molecular weight excluding hydrogens is 299 g/mol. The number of benzene rings is 1. The molecule has 0 aliphatic heterocycles. The van der Waals surface area contributed by atoms with E-state index in [1.165, 1.54) is 6.07 Å². The molecule has 0 saturated heterocycles. The smallest absolute Gasteiger partial charge is 0.225 e. The number of nitrogens with zero attached hydrogens (tertiary/aromatic N) is 2. The number of amides is 1. The van der Waals surface area contributed by atoms with Crippen LogP contribution < -0.4 is 11.1 Å². The zero-order valence-corrected chi connectivity index (χ0v) is 11.9. The van der Waals surface area contributed by atoms with Gasteiger partial charge in [0.2, 0.25) is 11.2 Å². The number of hydrogen-bond acceptors (Lipinski definition) is 4. The molecular formula is C13H12Cl2N4O. The molecule has 2 rings (SSSR count). The topological polar surface area (TPSA) is 80.9 Å². The number of nitrogens with two attached hydrogens (primary N) is 1. The average Bonchev–Trinajstić information content (AvgIpc) is 2.37. The van der Waals surface area contributed by atoms with Crippen molar-refractivity contribution < 1.29 is 4.79 Å². The van der Waals surface area contributed by atoms with Gasteiger partial charge in [-0.1, -0.05) is 23.7 Å². The van der Waals surface area contributed by atoms with E-state index in [4.69, 9.17) is 28.9 Å². The van der Waals surface area contributed by atoms with Crippen LogP contribution in [0, 0.1) is 0 Å². The van der Waals surface area contributed by atoms with Gasteiger partial charge < -0.3 is 11.1 Å². The van der Waals surface area contributed by atoms with Crippen molar-refractivity contribution in [1.29, 1.82) is 0 Å². The molecule has 104 valence electrons. The second-order valence-corrected chi connectivity index (χ2v) is 4.86. The lowest BCUT2D eigenvalue weighted by Gasteiger charge is -2.05. The Morgan fingerprint density at radius 2 is 1.90 bits per heavy atom. The lowest BCUT2D eigenvalue weighted by atomic mass is 10.1. The zero-order valence-electron chi connectivity index (χ0n) is 10.4. The number of nitrogen functional groups attached to an aromatic ring is 1. The van der Waals surface area contributed by atoms with Crippen molar-refractivity contribution in [3.05, 3.63) is 46.3 Å². The number of aryl methyl sites for hydroxylation is 1. The van der Waals surface area contributed by atoms with Crippen LogP contribution in [0.5, 0.6) is 0 Å². The van der Waals surface area contributed by atoms with E-state index in [-0.39, 0.29) is 22.2 Å². The quantitative estimate of drug-likeness (QED) is 0.517. The van der Waals surface area contributed by atoms with Crippen molar-refractivity contribution in [3.63, 3.8) is 0 Å². The Bertz CT molecular complexity index is 596. The van der Waals surface area contributed by atoms with Crippen LogP contribution in [0.2, 0.25) is 10.4 Å². The highest BCUT2D eigenvalue weighted by molar-refractivity contribution is 6.32. The van der Waals surface area contributed by atoms with Gasteiger partial charge in [-0.25, -0.2) is 9.97 Å². The maximum Gasteiger partial charge on any atom is 0.225 e. The van der Waals surface area contributed by atoms with Crippen molar-refractivity contribution in [3.8, 4) is 0 Å². The Balaban J connectivity index is 1.90. The lowest BCUT2D eigenvalue weighted by molar-refractivity contribution is -0.116. The molecule has 20 heavy (non-hydrogen) atoms. The molecule has 0 bridgehead atoms. The van der Waals surface area contributed by atoms with Crippen molar-refractivity contribution in [1.82, 2.24) is 9.97 Å². The molecule has 0 spiro atoms. The van der Waals surface area contributed by atoms with E-state index in [1.54, 1.807) is 12.1 Å². The SMILES string of the molecule is Nc1ccc(CCC(=O)Nc2cc(Cl)nc(Cl)n2)cc1. The molecule has 1 aromatic carbocycles. The number of aromatic nitrogens is 2. The lowest BCUT2D eigenvalue weighted by Crippen LogP contribution is -2.13. The Labute approximate surface area is 126 Å². The predicted molar refractivity (Wildman–Crippen MR) is 79.9 cm³/mol. The number of anilines is 2. The molecule has 1 amide bonds. The fraction of sp³-hybridized carbons (Fsp3) is 0.154. The van der Waals surface area contributed by atoms with E-state index in [2.05, 4.69) is 15.3 Å². The summed E-state index contributed by atoms with van der Waals surface area (Å²) in [5.74, 6) is 0.116. The highest BCUT2D eigenvalue weighted by Gasteiger charge is 2.06. The minimum Gasteiger partial charge on any atom is -0.399 e. The molecule has 0 saturated carbocycles. The van der Waals surface area contributed by atoms with Crippen LogP contribution in [0.3, 0.4) is 0 Å². The van der Waals surface area contributed by atoms with Crippen molar-refractivity contribution in [2.24, 2.45) is 0 Å². The van der Waals surface area contributed by atoms with E-state index in [0.717, 1.165) is 5.56 Å². The van der Waals surface area contributed by atoms with Crippen molar-refractivity contribution in [2.75, 3.05) is 11.1 Å². The molecule has 1 aromatic heterocycles. The van der Waals surface area contributed by atoms with Gasteiger partial charge in [0, 0.05) is 18.2 Å². The van der Waals surface area contributed by atoms with Gasteiger partial charge in [-0.15, -0.1) is 0 Å². The summed E-state index contributed by atoms with van der Waals surface area (Å²) in [5.41, 5.74) is 7.33.